The van der Waals surface area contributed by atoms with Crippen LogP contribution in [0.5, 0.6) is 0 Å². The molecule has 0 aliphatic carbocycles. The van der Waals surface area contributed by atoms with Gasteiger partial charge in [-0.25, -0.2) is 0 Å². The van der Waals surface area contributed by atoms with Crippen LogP contribution in [0, 0.1) is 5.92 Å². The smallest absolute Gasteiger partial charge is 0.0191 e. The van der Waals surface area contributed by atoms with Crippen molar-refractivity contribution in [1.82, 2.24) is 5.32 Å². The lowest BCUT2D eigenvalue weighted by atomic mass is 10.2. The minimum atomic E-state index is 0.611. The molecule has 1 atom stereocenters. The fourth-order valence-corrected chi connectivity index (χ4v) is 2.59. The highest BCUT2D eigenvalue weighted by Gasteiger charge is 2.04. The fourth-order valence-electron chi connectivity index (χ4n) is 1.36. The highest BCUT2D eigenvalue weighted by Crippen LogP contribution is 2.24. The molecule has 0 aromatic heterocycles. The number of halogens is 1. The zero-order chi connectivity index (χ0) is 12.0. The first-order chi connectivity index (χ1) is 7.58. The van der Waals surface area contributed by atoms with E-state index in [4.69, 9.17) is 0 Å². The van der Waals surface area contributed by atoms with E-state index in [0.29, 0.717) is 5.25 Å². The van der Waals surface area contributed by atoms with Gasteiger partial charge in [-0.1, -0.05) is 36.7 Å². The van der Waals surface area contributed by atoms with Gasteiger partial charge >= 0.3 is 0 Å². The van der Waals surface area contributed by atoms with Crippen LogP contribution >= 0.6 is 27.7 Å². The number of thioether (sulfide) groups is 1. The molecule has 0 bridgehead atoms. The highest BCUT2D eigenvalue weighted by molar-refractivity contribution is 9.10. The predicted molar refractivity (Wildman–Crippen MR) is 77.2 cm³/mol. The molecule has 0 fully saturated rings. The minimum Gasteiger partial charge on any atom is -0.315 e. The Kier molecular flexibility index (Phi) is 6.47. The first kappa shape index (κ1) is 14.1. The van der Waals surface area contributed by atoms with Crippen molar-refractivity contribution in [2.45, 2.75) is 30.9 Å². The molecule has 1 aromatic rings. The molecule has 0 heterocycles. The van der Waals surface area contributed by atoms with Crippen LogP contribution in [0.4, 0.5) is 0 Å². The second kappa shape index (κ2) is 7.36. The van der Waals surface area contributed by atoms with E-state index < -0.39 is 0 Å². The molecule has 0 aliphatic rings. The van der Waals surface area contributed by atoms with E-state index in [1.54, 1.807) is 0 Å². The third-order valence-corrected chi connectivity index (χ3v) is 3.78. The molecule has 90 valence electrons. The summed E-state index contributed by atoms with van der Waals surface area (Å²) in [5.74, 6) is 0.727. The van der Waals surface area contributed by atoms with Crippen molar-refractivity contribution in [3.05, 3.63) is 28.7 Å². The van der Waals surface area contributed by atoms with Crippen molar-refractivity contribution in [2.75, 3.05) is 13.1 Å². The molecule has 1 nitrogen and oxygen atoms in total. The van der Waals surface area contributed by atoms with Crippen molar-refractivity contribution in [3.8, 4) is 0 Å². The van der Waals surface area contributed by atoms with Gasteiger partial charge in [0.2, 0.25) is 0 Å². The minimum absolute atomic E-state index is 0.611. The largest absolute Gasteiger partial charge is 0.315 e. The second-order valence-electron chi connectivity index (χ2n) is 4.43. The summed E-state index contributed by atoms with van der Waals surface area (Å²) in [6, 6.07) is 8.51. The number of nitrogens with one attached hydrogen (secondary N) is 1. The summed E-state index contributed by atoms with van der Waals surface area (Å²) in [5.41, 5.74) is 0. The molecule has 1 aromatic carbocycles. The molecule has 3 heteroatoms. The Bertz CT molecular complexity index is 297. The van der Waals surface area contributed by atoms with E-state index in [0.717, 1.165) is 23.5 Å². The molecule has 0 saturated carbocycles. The van der Waals surface area contributed by atoms with E-state index in [-0.39, 0.29) is 0 Å². The maximum atomic E-state index is 3.49. The molecule has 0 aliphatic heterocycles. The van der Waals surface area contributed by atoms with Crippen LogP contribution in [0.15, 0.2) is 33.6 Å². The average Bonchev–Trinajstić information content (AvgIpc) is 2.21. The Balaban J connectivity index is 2.28. The molecule has 0 amide bonds. The quantitative estimate of drug-likeness (QED) is 0.791. The van der Waals surface area contributed by atoms with Gasteiger partial charge < -0.3 is 5.32 Å². The van der Waals surface area contributed by atoms with Gasteiger partial charge in [-0.05, 0) is 36.7 Å². The molecule has 16 heavy (non-hydrogen) atoms. The van der Waals surface area contributed by atoms with Crippen molar-refractivity contribution >= 4 is 27.7 Å². The van der Waals surface area contributed by atoms with Crippen molar-refractivity contribution in [2.24, 2.45) is 5.92 Å². The highest BCUT2D eigenvalue weighted by atomic mass is 79.9. The summed E-state index contributed by atoms with van der Waals surface area (Å²) >= 11 is 5.37. The predicted octanol–water partition coefficient (Wildman–Crippen LogP) is 4.18. The van der Waals surface area contributed by atoms with Gasteiger partial charge in [-0.15, -0.1) is 11.8 Å². The van der Waals surface area contributed by atoms with Crippen LogP contribution < -0.4 is 5.32 Å². The van der Waals surface area contributed by atoms with Crippen LogP contribution in [0.25, 0.3) is 0 Å². The topological polar surface area (TPSA) is 12.0 Å². The molecule has 0 radical (unpaired) electrons. The van der Waals surface area contributed by atoms with E-state index in [1.807, 2.05) is 11.8 Å². The zero-order valence-electron chi connectivity index (χ0n) is 10.2. The molecule has 0 saturated heterocycles. The first-order valence-electron chi connectivity index (χ1n) is 5.71. The third-order valence-electron chi connectivity index (χ3n) is 2.14. The molecule has 1 rings (SSSR count). The van der Waals surface area contributed by atoms with Crippen LogP contribution in [-0.4, -0.2) is 18.3 Å². The number of hydrogen-bond donors (Lipinski definition) is 1. The van der Waals surface area contributed by atoms with Gasteiger partial charge in [0, 0.05) is 21.2 Å². The number of benzene rings is 1. The van der Waals surface area contributed by atoms with E-state index in [9.17, 15) is 0 Å². The van der Waals surface area contributed by atoms with Gasteiger partial charge in [0.25, 0.3) is 0 Å². The Morgan fingerprint density at radius 2 is 1.75 bits per heavy atom. The van der Waals surface area contributed by atoms with Gasteiger partial charge in [0.1, 0.15) is 0 Å². The fraction of sp³-hybridized carbons (Fsp3) is 0.538. The lowest BCUT2D eigenvalue weighted by Gasteiger charge is -2.13. The molecule has 1 N–H and O–H groups in total. The standard InChI is InChI=1S/C13H20BrNS/c1-10(2)8-15-9-11(3)16-13-6-4-12(14)5-7-13/h4-7,10-11,15H,8-9H2,1-3H3. The Morgan fingerprint density at radius 1 is 1.12 bits per heavy atom. The average molecular weight is 302 g/mol. The van der Waals surface area contributed by atoms with Gasteiger partial charge in [0.15, 0.2) is 0 Å². The molecular weight excluding hydrogens is 282 g/mol. The Labute approximate surface area is 112 Å². The van der Waals surface area contributed by atoms with Crippen molar-refractivity contribution in [3.63, 3.8) is 0 Å². The monoisotopic (exact) mass is 301 g/mol. The normalized spacial score (nSPS) is 13.1. The second-order valence-corrected chi connectivity index (χ2v) is 6.86. The third kappa shape index (κ3) is 5.92. The molecular formula is C13H20BrNS. The molecule has 1 unspecified atom stereocenters. The first-order valence-corrected chi connectivity index (χ1v) is 7.38. The zero-order valence-corrected chi connectivity index (χ0v) is 12.6. The summed E-state index contributed by atoms with van der Waals surface area (Å²) in [7, 11) is 0. The Hall–Kier alpha value is 0.01000. The summed E-state index contributed by atoms with van der Waals surface area (Å²) in [5, 5.41) is 4.10. The van der Waals surface area contributed by atoms with Crippen molar-refractivity contribution < 1.29 is 0 Å². The maximum absolute atomic E-state index is 3.49. The van der Waals surface area contributed by atoms with Crippen LogP contribution in [0.2, 0.25) is 0 Å². The van der Waals surface area contributed by atoms with Crippen LogP contribution in [0.3, 0.4) is 0 Å². The van der Waals surface area contributed by atoms with Gasteiger partial charge in [0.05, 0.1) is 0 Å². The summed E-state index contributed by atoms with van der Waals surface area (Å²) in [6.07, 6.45) is 0. The Morgan fingerprint density at radius 3 is 2.31 bits per heavy atom. The van der Waals surface area contributed by atoms with Gasteiger partial charge in [-0.3, -0.25) is 0 Å². The lowest BCUT2D eigenvalue weighted by molar-refractivity contribution is 0.554. The van der Waals surface area contributed by atoms with E-state index in [1.165, 1.54) is 4.90 Å². The summed E-state index contributed by atoms with van der Waals surface area (Å²) in [6.45, 7) is 8.91. The summed E-state index contributed by atoms with van der Waals surface area (Å²) < 4.78 is 1.14. The van der Waals surface area contributed by atoms with Crippen molar-refractivity contribution in [1.29, 1.82) is 0 Å². The number of hydrogen-bond acceptors (Lipinski definition) is 2. The summed E-state index contributed by atoms with van der Waals surface area (Å²) in [4.78, 5) is 1.34. The lowest BCUT2D eigenvalue weighted by Crippen LogP contribution is -2.26. The molecule has 0 spiro atoms. The van der Waals surface area contributed by atoms with E-state index >= 15 is 0 Å². The maximum Gasteiger partial charge on any atom is 0.0191 e. The van der Waals surface area contributed by atoms with Crippen LogP contribution in [0.1, 0.15) is 20.8 Å². The number of rotatable bonds is 6. The SMILES string of the molecule is CC(C)CNCC(C)Sc1ccc(Br)cc1. The van der Waals surface area contributed by atoms with Crippen LogP contribution in [-0.2, 0) is 0 Å². The van der Waals surface area contributed by atoms with E-state index in [2.05, 4.69) is 66.3 Å². The van der Waals surface area contributed by atoms with Gasteiger partial charge in [-0.2, -0.15) is 0 Å².